The maximum atomic E-state index is 13.8. The lowest BCUT2D eigenvalue weighted by molar-refractivity contribution is 0.100. The first-order chi connectivity index (χ1) is 14.0. The second-order valence-corrected chi connectivity index (χ2v) is 6.25. The van der Waals surface area contributed by atoms with Crippen molar-refractivity contribution >= 4 is 11.7 Å². The van der Waals surface area contributed by atoms with Gasteiger partial charge in [0.25, 0.3) is 5.91 Å². The van der Waals surface area contributed by atoms with Crippen LogP contribution in [0.2, 0.25) is 0 Å². The van der Waals surface area contributed by atoms with Gasteiger partial charge in [-0.3, -0.25) is 9.48 Å². The molecule has 2 aromatic heterocycles. The van der Waals surface area contributed by atoms with E-state index in [1.807, 2.05) is 6.20 Å². The summed E-state index contributed by atoms with van der Waals surface area (Å²) in [6.07, 6.45) is 5.17. The number of halogens is 2. The summed E-state index contributed by atoms with van der Waals surface area (Å²) in [6, 6.07) is 3.59. The Kier molecular flexibility index (Phi) is 6.45. The lowest BCUT2D eigenvalue weighted by Gasteiger charge is -2.11. The van der Waals surface area contributed by atoms with Crippen molar-refractivity contribution in [1.29, 1.82) is 0 Å². The molecule has 0 saturated heterocycles. The van der Waals surface area contributed by atoms with Gasteiger partial charge in [0.05, 0.1) is 24.9 Å². The van der Waals surface area contributed by atoms with Crippen LogP contribution < -0.4 is 11.1 Å². The number of carbonyl (C=O) groups is 1. The summed E-state index contributed by atoms with van der Waals surface area (Å²) in [5.74, 6) is -1.64. The molecule has 3 N–H and O–H groups in total. The van der Waals surface area contributed by atoms with E-state index in [2.05, 4.69) is 20.4 Å². The molecule has 0 spiro atoms. The van der Waals surface area contributed by atoms with E-state index < -0.39 is 17.5 Å². The SMILES string of the molecule is COCCn1cc(Cc2ncc(C(N)=O)c(NCc3c(F)cccc3F)n2)cn1. The summed E-state index contributed by atoms with van der Waals surface area (Å²) in [5, 5.41) is 7.00. The molecule has 0 unspecified atom stereocenters. The van der Waals surface area contributed by atoms with Gasteiger partial charge in [0.2, 0.25) is 0 Å². The Hall–Kier alpha value is -3.40. The van der Waals surface area contributed by atoms with E-state index in [0.29, 0.717) is 25.4 Å². The number of hydrogen-bond donors (Lipinski definition) is 2. The minimum absolute atomic E-state index is 0.0290. The zero-order valence-corrected chi connectivity index (χ0v) is 15.7. The average molecular weight is 402 g/mol. The predicted molar refractivity (Wildman–Crippen MR) is 101 cm³/mol. The van der Waals surface area contributed by atoms with Gasteiger partial charge in [-0.1, -0.05) is 6.07 Å². The Labute approximate surface area is 165 Å². The highest BCUT2D eigenvalue weighted by molar-refractivity contribution is 5.97. The molecule has 1 aromatic carbocycles. The van der Waals surface area contributed by atoms with Crippen LogP contribution in [0.25, 0.3) is 0 Å². The quantitative estimate of drug-likeness (QED) is 0.566. The van der Waals surface area contributed by atoms with Gasteiger partial charge in [-0.15, -0.1) is 0 Å². The summed E-state index contributed by atoms with van der Waals surface area (Å²) >= 11 is 0. The number of nitrogens with two attached hydrogens (primary N) is 1. The molecule has 8 nitrogen and oxygen atoms in total. The maximum Gasteiger partial charge on any atom is 0.254 e. The molecule has 0 bridgehead atoms. The summed E-state index contributed by atoms with van der Waals surface area (Å²) < 4.78 is 34.4. The molecule has 3 aromatic rings. The van der Waals surface area contributed by atoms with Crippen molar-refractivity contribution in [2.75, 3.05) is 19.0 Å². The first-order valence-electron chi connectivity index (χ1n) is 8.80. The zero-order chi connectivity index (χ0) is 20.8. The number of carbonyl (C=O) groups excluding carboxylic acids is 1. The number of nitrogens with one attached hydrogen (secondary N) is 1. The number of aromatic nitrogens is 4. The van der Waals surface area contributed by atoms with Gasteiger partial charge in [0, 0.05) is 38.0 Å². The Morgan fingerprint density at radius 3 is 2.72 bits per heavy atom. The molecule has 0 radical (unpaired) electrons. The van der Waals surface area contributed by atoms with Crippen LogP contribution in [0.4, 0.5) is 14.6 Å². The van der Waals surface area contributed by atoms with E-state index in [1.165, 1.54) is 12.3 Å². The van der Waals surface area contributed by atoms with E-state index in [0.717, 1.165) is 17.7 Å². The van der Waals surface area contributed by atoms with Gasteiger partial charge in [-0.05, 0) is 17.7 Å². The third-order valence-corrected chi connectivity index (χ3v) is 4.17. The van der Waals surface area contributed by atoms with Gasteiger partial charge in [-0.25, -0.2) is 18.7 Å². The second-order valence-electron chi connectivity index (χ2n) is 6.25. The molecule has 3 rings (SSSR count). The summed E-state index contributed by atoms with van der Waals surface area (Å²) in [5.41, 5.74) is 6.09. The summed E-state index contributed by atoms with van der Waals surface area (Å²) in [6.45, 7) is 0.939. The molecule has 152 valence electrons. The predicted octanol–water partition coefficient (Wildman–Crippen LogP) is 1.90. The number of rotatable bonds is 9. The molecule has 0 aliphatic heterocycles. The fourth-order valence-electron chi connectivity index (χ4n) is 2.68. The Balaban J connectivity index is 1.79. The molecular weight excluding hydrogens is 382 g/mol. The minimum atomic E-state index is -0.750. The number of methoxy groups -OCH3 is 1. The number of primary amides is 1. The van der Waals surface area contributed by atoms with Gasteiger partial charge >= 0.3 is 0 Å². The van der Waals surface area contributed by atoms with Crippen LogP contribution in [-0.2, 0) is 24.2 Å². The molecule has 2 heterocycles. The molecule has 0 aliphatic carbocycles. The number of amides is 1. The highest BCUT2D eigenvalue weighted by atomic mass is 19.1. The lowest BCUT2D eigenvalue weighted by Crippen LogP contribution is -2.18. The zero-order valence-electron chi connectivity index (χ0n) is 15.7. The lowest BCUT2D eigenvalue weighted by atomic mass is 10.2. The number of ether oxygens (including phenoxy) is 1. The van der Waals surface area contributed by atoms with E-state index in [-0.39, 0.29) is 23.5 Å². The third kappa shape index (κ3) is 5.11. The molecule has 0 saturated carbocycles. The van der Waals surface area contributed by atoms with Crippen LogP contribution in [0.3, 0.4) is 0 Å². The minimum Gasteiger partial charge on any atom is -0.383 e. The van der Waals surface area contributed by atoms with Crippen LogP contribution in [0, 0.1) is 11.6 Å². The molecule has 0 aliphatic rings. The third-order valence-electron chi connectivity index (χ3n) is 4.17. The summed E-state index contributed by atoms with van der Waals surface area (Å²) in [4.78, 5) is 20.1. The van der Waals surface area contributed by atoms with E-state index in [1.54, 1.807) is 18.0 Å². The molecule has 0 fully saturated rings. The second kappa shape index (κ2) is 9.20. The largest absolute Gasteiger partial charge is 0.383 e. The fourth-order valence-corrected chi connectivity index (χ4v) is 2.68. The number of anilines is 1. The molecule has 1 amide bonds. The average Bonchev–Trinajstić information content (AvgIpc) is 3.13. The van der Waals surface area contributed by atoms with Crippen molar-refractivity contribution in [3.05, 3.63) is 70.9 Å². The van der Waals surface area contributed by atoms with Crippen molar-refractivity contribution < 1.29 is 18.3 Å². The van der Waals surface area contributed by atoms with Crippen molar-refractivity contribution in [2.45, 2.75) is 19.5 Å². The topological polar surface area (TPSA) is 108 Å². The first-order valence-corrected chi connectivity index (χ1v) is 8.80. The number of nitrogens with zero attached hydrogens (tertiary/aromatic N) is 4. The molecular formula is C19H20F2N6O2. The highest BCUT2D eigenvalue weighted by Gasteiger charge is 2.15. The molecule has 10 heteroatoms. The first kappa shape index (κ1) is 20.3. The number of hydrogen-bond acceptors (Lipinski definition) is 6. The summed E-state index contributed by atoms with van der Waals surface area (Å²) in [7, 11) is 1.61. The van der Waals surface area contributed by atoms with Crippen LogP contribution in [0.5, 0.6) is 0 Å². The van der Waals surface area contributed by atoms with Crippen molar-refractivity contribution in [2.24, 2.45) is 5.73 Å². The van der Waals surface area contributed by atoms with Crippen LogP contribution in [-0.4, -0.2) is 39.4 Å². The Morgan fingerprint density at radius 1 is 1.28 bits per heavy atom. The standard InChI is InChI=1S/C19H20F2N6O2/c1-29-6-5-27-11-12(8-25-27)7-17-23-10-14(18(22)28)19(26-17)24-9-13-15(20)3-2-4-16(13)21/h2-4,8,10-11H,5-7,9H2,1H3,(H2,22,28)(H,23,24,26). The van der Waals surface area contributed by atoms with Crippen LogP contribution >= 0.6 is 0 Å². The van der Waals surface area contributed by atoms with Crippen LogP contribution in [0.1, 0.15) is 27.3 Å². The van der Waals surface area contributed by atoms with Crippen LogP contribution in [0.15, 0.2) is 36.8 Å². The molecule has 0 atom stereocenters. The smallest absolute Gasteiger partial charge is 0.254 e. The Morgan fingerprint density at radius 2 is 2.03 bits per heavy atom. The highest BCUT2D eigenvalue weighted by Crippen LogP contribution is 2.17. The van der Waals surface area contributed by atoms with Gasteiger partial charge < -0.3 is 15.8 Å². The van der Waals surface area contributed by atoms with Crippen molar-refractivity contribution in [3.63, 3.8) is 0 Å². The fraction of sp³-hybridized carbons (Fsp3) is 0.263. The normalized spacial score (nSPS) is 10.9. The van der Waals surface area contributed by atoms with E-state index >= 15 is 0 Å². The van der Waals surface area contributed by atoms with E-state index in [9.17, 15) is 13.6 Å². The van der Waals surface area contributed by atoms with Crippen molar-refractivity contribution in [3.8, 4) is 0 Å². The molecule has 29 heavy (non-hydrogen) atoms. The van der Waals surface area contributed by atoms with Gasteiger partial charge in [-0.2, -0.15) is 5.10 Å². The van der Waals surface area contributed by atoms with Crippen molar-refractivity contribution in [1.82, 2.24) is 19.7 Å². The Bertz CT molecular complexity index is 988. The number of benzene rings is 1. The van der Waals surface area contributed by atoms with Gasteiger partial charge in [0.15, 0.2) is 0 Å². The maximum absolute atomic E-state index is 13.8. The van der Waals surface area contributed by atoms with Gasteiger partial charge in [0.1, 0.15) is 23.3 Å². The van der Waals surface area contributed by atoms with E-state index in [4.69, 9.17) is 10.5 Å². The monoisotopic (exact) mass is 402 g/mol.